The third kappa shape index (κ3) is 4.00. The number of hydrogen-bond acceptors (Lipinski definition) is 10. The van der Waals surface area contributed by atoms with Gasteiger partial charge in [-0.2, -0.15) is 4.57 Å². The highest BCUT2D eigenvalue weighted by Crippen LogP contribution is 2.40. The molecule has 2 atom stereocenters. The Labute approximate surface area is 206 Å². The Morgan fingerprint density at radius 1 is 1.46 bits per heavy atom. The van der Waals surface area contributed by atoms with Crippen LogP contribution in [0.4, 0.5) is 5.88 Å². The zero-order valence-corrected chi connectivity index (χ0v) is 19.8. The van der Waals surface area contributed by atoms with Gasteiger partial charge in [0, 0.05) is 29.5 Å². The van der Waals surface area contributed by atoms with E-state index in [9.17, 15) is 19.5 Å². The van der Waals surface area contributed by atoms with Crippen LogP contribution in [0.5, 0.6) is 0 Å². The molecule has 2 aliphatic rings. The highest BCUT2D eigenvalue weighted by atomic mass is 32.2. The molecule has 2 amide bonds. The predicted octanol–water partition coefficient (Wildman–Crippen LogP) is 0.548. The number of nitrogens with one attached hydrogen (secondary N) is 1. The molecule has 0 spiro atoms. The fraction of sp³-hybridized carbons (Fsp3) is 0.238. The average molecular weight is 516 g/mol. The first-order valence-electron chi connectivity index (χ1n) is 10.3. The number of nitrogens with two attached hydrogens (primary N) is 1. The average Bonchev–Trinajstić information content (AvgIpc) is 3.49. The Morgan fingerprint density at radius 3 is 3.00 bits per heavy atom. The Hall–Kier alpha value is -3.91. The van der Waals surface area contributed by atoms with Crippen molar-refractivity contribution >= 4 is 62.7 Å². The number of amides is 2. The van der Waals surface area contributed by atoms with Gasteiger partial charge in [-0.15, -0.1) is 23.1 Å². The van der Waals surface area contributed by atoms with E-state index in [1.54, 1.807) is 11.3 Å². The fourth-order valence-corrected chi connectivity index (χ4v) is 6.19. The molecule has 0 radical (unpaired) electrons. The molecule has 0 aliphatic carbocycles. The van der Waals surface area contributed by atoms with E-state index in [0.29, 0.717) is 17.9 Å². The second-order valence-electron chi connectivity index (χ2n) is 7.66. The van der Waals surface area contributed by atoms with Crippen LogP contribution >= 0.6 is 23.1 Å². The normalized spacial score (nSPS) is 20.0. The number of carbonyl (C=O) groups excluding carboxylic acids is 2. The van der Waals surface area contributed by atoms with E-state index in [0.717, 1.165) is 10.2 Å². The van der Waals surface area contributed by atoms with Crippen LogP contribution in [0, 0.1) is 0 Å². The van der Waals surface area contributed by atoms with Crippen LogP contribution in [0.2, 0.25) is 0 Å². The van der Waals surface area contributed by atoms with Crippen LogP contribution in [0.25, 0.3) is 10.2 Å². The van der Waals surface area contributed by atoms with E-state index >= 15 is 0 Å². The first kappa shape index (κ1) is 22.9. The minimum atomic E-state index is -1.19. The molecule has 0 bridgehead atoms. The van der Waals surface area contributed by atoms with Gasteiger partial charge in [-0.25, -0.2) is 4.79 Å². The molecule has 0 aromatic carbocycles. The number of carbonyl (C=O) groups is 3. The van der Waals surface area contributed by atoms with Crippen molar-refractivity contribution in [3.63, 3.8) is 0 Å². The molecule has 1 saturated heterocycles. The molecule has 1 unspecified atom stereocenters. The van der Waals surface area contributed by atoms with Gasteiger partial charge < -0.3 is 25.5 Å². The van der Waals surface area contributed by atoms with E-state index in [1.807, 2.05) is 34.3 Å². The maximum Gasteiger partial charge on any atom is 0.352 e. The Morgan fingerprint density at radius 2 is 2.29 bits per heavy atom. The van der Waals surface area contributed by atoms with Crippen LogP contribution in [0.1, 0.15) is 5.69 Å². The third-order valence-corrected chi connectivity index (χ3v) is 7.77. The molecular formula is C21H19N6O6S2+. The maximum atomic E-state index is 13.0. The Bertz CT molecular complexity index is 1410. The van der Waals surface area contributed by atoms with E-state index in [2.05, 4.69) is 15.6 Å². The van der Waals surface area contributed by atoms with Gasteiger partial charge >= 0.3 is 5.97 Å². The first-order chi connectivity index (χ1) is 16.9. The van der Waals surface area contributed by atoms with Gasteiger partial charge in [0.2, 0.25) is 11.4 Å². The van der Waals surface area contributed by atoms with Crippen molar-refractivity contribution in [2.75, 3.05) is 18.6 Å². The minimum Gasteiger partial charge on any atom is -0.477 e. The predicted molar refractivity (Wildman–Crippen MR) is 126 cm³/mol. The fourth-order valence-electron chi connectivity index (χ4n) is 4.05. The van der Waals surface area contributed by atoms with Crippen molar-refractivity contribution in [1.29, 1.82) is 0 Å². The van der Waals surface area contributed by atoms with Crippen molar-refractivity contribution in [2.24, 2.45) is 5.16 Å². The smallest absolute Gasteiger partial charge is 0.352 e. The molecule has 5 heterocycles. The summed E-state index contributed by atoms with van der Waals surface area (Å²) in [7, 11) is 1.25. The topological polar surface area (TPSA) is 164 Å². The second kappa shape index (κ2) is 9.03. The number of pyridine rings is 1. The van der Waals surface area contributed by atoms with E-state index < -0.39 is 29.2 Å². The van der Waals surface area contributed by atoms with Gasteiger partial charge in [0.25, 0.3) is 11.8 Å². The number of carboxylic acids is 1. The zero-order valence-electron chi connectivity index (χ0n) is 18.2. The number of aliphatic carboxylic acids is 1. The van der Waals surface area contributed by atoms with Crippen molar-refractivity contribution in [3.8, 4) is 0 Å². The lowest BCUT2D eigenvalue weighted by molar-refractivity contribution is -0.663. The molecule has 2 aliphatic heterocycles. The quantitative estimate of drug-likeness (QED) is 0.176. The monoisotopic (exact) mass is 515 g/mol. The number of β-lactam (4-membered cyclic amide) rings is 1. The first-order valence-corrected chi connectivity index (χ1v) is 12.2. The molecule has 3 aromatic heterocycles. The number of nitrogens with zero attached hydrogens (tertiary/aromatic N) is 4. The highest BCUT2D eigenvalue weighted by Gasteiger charge is 2.54. The number of anilines is 1. The molecule has 1 fully saturated rings. The third-order valence-electron chi connectivity index (χ3n) is 5.56. The second-order valence-corrected chi connectivity index (χ2v) is 9.71. The number of aromatic nitrogens is 2. The number of rotatable bonds is 7. The van der Waals surface area contributed by atoms with Crippen LogP contribution in [-0.4, -0.2) is 62.9 Å². The number of thioether (sulfide) groups is 1. The number of fused-ring (bicyclic) bond motifs is 2. The van der Waals surface area contributed by atoms with Gasteiger partial charge in [0.1, 0.15) is 29.9 Å². The van der Waals surface area contributed by atoms with Crippen molar-refractivity contribution in [3.05, 3.63) is 52.8 Å². The maximum absolute atomic E-state index is 13.0. The molecule has 14 heteroatoms. The summed E-state index contributed by atoms with van der Waals surface area (Å²) in [5.74, 6) is -2.09. The number of thiophene rings is 1. The van der Waals surface area contributed by atoms with Gasteiger partial charge in [0.15, 0.2) is 18.5 Å². The van der Waals surface area contributed by atoms with E-state index in [4.69, 9.17) is 15.1 Å². The van der Waals surface area contributed by atoms with Gasteiger partial charge in [0.05, 0.1) is 4.70 Å². The lowest BCUT2D eigenvalue weighted by Gasteiger charge is -2.49. The van der Waals surface area contributed by atoms with Gasteiger partial charge in [-0.3, -0.25) is 14.5 Å². The molecule has 35 heavy (non-hydrogen) atoms. The summed E-state index contributed by atoms with van der Waals surface area (Å²) in [5.41, 5.74) is 6.87. The van der Waals surface area contributed by atoms with Gasteiger partial charge in [-0.05, 0) is 11.4 Å². The summed E-state index contributed by atoms with van der Waals surface area (Å²) < 4.78 is 7.82. The molecule has 3 aromatic rings. The molecule has 0 saturated carbocycles. The standard InChI is InChI=1S/C21H18N6O6S2/c1-32-25-15(11-7-14(22)33-24-11)18(28)23-16-19(29)27-17(21(30)31)10(9-35-20(16)27)8-26-5-2-3-13-12(26)4-6-34-13/h2-7,16,20H,8-9H2,1H3,(H3-,22,23,24,28,30,31)/p+1/t16?,20-/m0/s1. The SMILES string of the molecule is CON=C(C(=O)NC1C(=O)N2C(C(=O)O)=C(C[n+]3cccc4sccc43)CS[C@@H]12)c1cc(N)on1. The van der Waals surface area contributed by atoms with Crippen LogP contribution < -0.4 is 15.6 Å². The lowest BCUT2D eigenvalue weighted by atomic mass is 10.0. The summed E-state index contributed by atoms with van der Waals surface area (Å²) in [6.07, 6.45) is 1.88. The lowest BCUT2D eigenvalue weighted by Crippen LogP contribution is -2.71. The van der Waals surface area contributed by atoms with Crippen molar-refractivity contribution in [1.82, 2.24) is 15.4 Å². The van der Waals surface area contributed by atoms with E-state index in [-0.39, 0.29) is 23.0 Å². The Kier molecular flexibility index (Phi) is 5.90. The van der Waals surface area contributed by atoms with Crippen LogP contribution in [0.15, 0.2) is 56.8 Å². The number of nitrogen functional groups attached to an aromatic ring is 1. The molecular weight excluding hydrogens is 496 g/mol. The zero-order chi connectivity index (χ0) is 24.7. The molecule has 180 valence electrons. The Balaban J connectivity index is 1.38. The summed E-state index contributed by atoms with van der Waals surface area (Å²) in [5, 5.41) is 21.3. The molecule has 5 rings (SSSR count). The van der Waals surface area contributed by atoms with Crippen LogP contribution in [0.3, 0.4) is 0 Å². The summed E-state index contributed by atoms with van der Waals surface area (Å²) in [6, 6.07) is 6.23. The van der Waals surface area contributed by atoms with Crippen molar-refractivity contribution in [2.45, 2.75) is 18.0 Å². The number of oxime groups is 1. The summed E-state index contributed by atoms with van der Waals surface area (Å²) >= 11 is 2.98. The van der Waals surface area contributed by atoms with Crippen LogP contribution in [-0.2, 0) is 25.8 Å². The molecule has 4 N–H and O–H groups in total. The summed E-state index contributed by atoms with van der Waals surface area (Å²) in [4.78, 5) is 44.0. The summed E-state index contributed by atoms with van der Waals surface area (Å²) in [6.45, 7) is 0.328. The van der Waals surface area contributed by atoms with E-state index in [1.165, 1.54) is 29.8 Å². The highest BCUT2D eigenvalue weighted by molar-refractivity contribution is 8.00. The number of carboxylic acid groups (broad SMARTS) is 1. The van der Waals surface area contributed by atoms with Gasteiger partial charge in [-0.1, -0.05) is 10.3 Å². The molecule has 12 nitrogen and oxygen atoms in total. The largest absolute Gasteiger partial charge is 0.477 e. The van der Waals surface area contributed by atoms with Crippen molar-refractivity contribution < 1.29 is 33.4 Å². The minimum absolute atomic E-state index is 0.0230. The number of hydrogen-bond donors (Lipinski definition) is 3.